The maximum absolute atomic E-state index is 2.45. The monoisotopic (exact) mass is 290 g/mol. The average molecular weight is 292 g/mol. The Morgan fingerprint density at radius 3 is 1.62 bits per heavy atom. The van der Waals surface area contributed by atoms with Crippen LogP contribution in [-0.2, 0) is 21.3 Å². The molecule has 16 heavy (non-hydrogen) atoms. The Hall–Kier alpha value is -0.287. The fourth-order valence-corrected chi connectivity index (χ4v) is 10.0. The molecule has 0 aliphatic heterocycles. The molecule has 0 unspecified atom stereocenters. The van der Waals surface area contributed by atoms with Crippen LogP contribution in [0.1, 0.15) is 40.5 Å². The number of hydrogen-bond acceptors (Lipinski definition) is 0. The quantitative estimate of drug-likeness (QED) is 0.712. The van der Waals surface area contributed by atoms with E-state index in [1.807, 2.05) is 0 Å². The van der Waals surface area contributed by atoms with Crippen molar-refractivity contribution in [3.63, 3.8) is 0 Å². The Bertz CT molecular complexity index is 426. The average Bonchev–Trinajstić information content (AvgIpc) is 2.76. The van der Waals surface area contributed by atoms with E-state index in [0.29, 0.717) is 0 Å². The normalized spacial score (nSPS) is 19.0. The van der Waals surface area contributed by atoms with Crippen molar-refractivity contribution >= 4 is 3.21 Å². The molecule has 0 aromatic heterocycles. The van der Waals surface area contributed by atoms with Crippen molar-refractivity contribution in [3.05, 3.63) is 42.0 Å². The molecule has 0 N–H and O–H groups in total. The zero-order chi connectivity index (χ0) is 11.7. The summed E-state index contributed by atoms with van der Waals surface area (Å²) in [6.07, 6.45) is 12.1. The Morgan fingerprint density at radius 2 is 1.38 bits per heavy atom. The summed E-state index contributed by atoms with van der Waals surface area (Å²) in [6, 6.07) is 0. The molecule has 0 nitrogen and oxygen atoms in total. The van der Waals surface area contributed by atoms with Crippen LogP contribution in [0.5, 0.6) is 0 Å². The van der Waals surface area contributed by atoms with Crippen LogP contribution >= 0.6 is 0 Å². The number of allylic oxidation sites excluding steroid dienone is 8. The minimum absolute atomic E-state index is 1.22. The Labute approximate surface area is 107 Å². The standard InChI is InChI=1S/2C6H7.C3H6.Zr/c2*1-6-4-2-3-5-6;1-3-2;/h2*4-5H,2H2,1H3;1-2H3;. The van der Waals surface area contributed by atoms with Gasteiger partial charge < -0.3 is 0 Å². The molecule has 2 aliphatic rings. The number of hydrogen-bond donors (Lipinski definition) is 0. The SMILES string of the molecule is CC1=CC[C]([Zr]([C]2=CC(C)=CC2)=[C](C)C)=C1. The van der Waals surface area contributed by atoms with E-state index >= 15 is 0 Å². The molecule has 84 valence electrons. The summed E-state index contributed by atoms with van der Waals surface area (Å²) in [5.74, 6) is 0. The summed E-state index contributed by atoms with van der Waals surface area (Å²) in [6.45, 7) is 9.14. The maximum atomic E-state index is 2.45. The van der Waals surface area contributed by atoms with Crippen molar-refractivity contribution in [1.82, 2.24) is 0 Å². The van der Waals surface area contributed by atoms with Crippen molar-refractivity contribution in [2.75, 3.05) is 0 Å². The van der Waals surface area contributed by atoms with Gasteiger partial charge in [0.25, 0.3) is 0 Å². The van der Waals surface area contributed by atoms with E-state index in [4.69, 9.17) is 0 Å². The molecule has 0 bridgehead atoms. The first-order chi connectivity index (χ1) is 7.58. The van der Waals surface area contributed by atoms with Gasteiger partial charge in [0, 0.05) is 0 Å². The molecule has 0 saturated carbocycles. The Balaban J connectivity index is 2.32. The van der Waals surface area contributed by atoms with Crippen LogP contribution in [-0.4, -0.2) is 3.21 Å². The van der Waals surface area contributed by atoms with Gasteiger partial charge in [0.15, 0.2) is 0 Å². The second-order valence-electron chi connectivity index (χ2n) is 5.02. The zero-order valence-electron chi connectivity index (χ0n) is 10.7. The molecule has 0 amide bonds. The summed E-state index contributed by atoms with van der Waals surface area (Å²) in [5, 5.41) is 0. The van der Waals surface area contributed by atoms with Crippen LogP contribution in [0, 0.1) is 0 Å². The van der Waals surface area contributed by atoms with Crippen LogP contribution < -0.4 is 0 Å². The van der Waals surface area contributed by atoms with E-state index in [1.165, 1.54) is 24.0 Å². The molecule has 0 aromatic carbocycles. The minimum atomic E-state index is -1.59. The van der Waals surface area contributed by atoms with Gasteiger partial charge in [-0.1, -0.05) is 0 Å². The van der Waals surface area contributed by atoms with Crippen molar-refractivity contribution in [2.45, 2.75) is 40.5 Å². The van der Waals surface area contributed by atoms with E-state index in [0.717, 1.165) is 0 Å². The van der Waals surface area contributed by atoms with Crippen LogP contribution in [0.3, 0.4) is 0 Å². The molecule has 2 aliphatic carbocycles. The Kier molecular flexibility index (Phi) is 3.74. The number of rotatable bonds is 2. The first-order valence-corrected chi connectivity index (χ1v) is 9.69. The molecular formula is C15H20Zr. The molecule has 0 spiro atoms. The van der Waals surface area contributed by atoms with Gasteiger partial charge in [-0.3, -0.25) is 0 Å². The van der Waals surface area contributed by atoms with Crippen molar-refractivity contribution in [2.24, 2.45) is 0 Å². The van der Waals surface area contributed by atoms with Gasteiger partial charge in [0.2, 0.25) is 0 Å². The summed E-state index contributed by atoms with van der Waals surface area (Å²) in [5.41, 5.74) is 2.94. The third-order valence-electron chi connectivity index (χ3n) is 3.23. The van der Waals surface area contributed by atoms with Crippen LogP contribution in [0.15, 0.2) is 42.0 Å². The van der Waals surface area contributed by atoms with Gasteiger partial charge in [0.1, 0.15) is 0 Å². The van der Waals surface area contributed by atoms with E-state index in [2.05, 4.69) is 52.0 Å². The summed E-state index contributed by atoms with van der Waals surface area (Å²) < 4.78 is 5.26. The van der Waals surface area contributed by atoms with Crippen LogP contribution in [0.4, 0.5) is 0 Å². The second-order valence-corrected chi connectivity index (χ2v) is 12.5. The fraction of sp³-hybridized carbons (Fsp3) is 0.400. The third-order valence-corrected chi connectivity index (χ3v) is 10.6. The molecule has 1 heteroatoms. The van der Waals surface area contributed by atoms with Crippen LogP contribution in [0.2, 0.25) is 0 Å². The predicted molar refractivity (Wildman–Crippen MR) is 69.3 cm³/mol. The van der Waals surface area contributed by atoms with Gasteiger partial charge >= 0.3 is 107 Å². The summed E-state index contributed by atoms with van der Waals surface area (Å²) in [4.78, 5) is 0. The molecule has 0 saturated heterocycles. The third kappa shape index (κ3) is 2.51. The molecule has 0 radical (unpaired) electrons. The molecule has 0 fully saturated rings. The van der Waals surface area contributed by atoms with Gasteiger partial charge in [-0.25, -0.2) is 0 Å². The topological polar surface area (TPSA) is 0 Å². The van der Waals surface area contributed by atoms with E-state index in [1.54, 1.807) is 9.77 Å². The molecular weight excluding hydrogens is 271 g/mol. The van der Waals surface area contributed by atoms with E-state index in [9.17, 15) is 0 Å². The summed E-state index contributed by atoms with van der Waals surface area (Å²) in [7, 11) is 0. The van der Waals surface area contributed by atoms with Crippen LogP contribution in [0.25, 0.3) is 0 Å². The van der Waals surface area contributed by atoms with Crippen molar-refractivity contribution in [1.29, 1.82) is 0 Å². The predicted octanol–water partition coefficient (Wildman–Crippen LogP) is 4.28. The fourth-order valence-electron chi connectivity index (χ4n) is 2.52. The second kappa shape index (κ2) is 4.92. The van der Waals surface area contributed by atoms with Crippen molar-refractivity contribution in [3.8, 4) is 0 Å². The van der Waals surface area contributed by atoms with Gasteiger partial charge in [-0.15, -0.1) is 0 Å². The zero-order valence-corrected chi connectivity index (χ0v) is 13.2. The first-order valence-electron chi connectivity index (χ1n) is 6.01. The molecule has 0 atom stereocenters. The van der Waals surface area contributed by atoms with Crippen molar-refractivity contribution < 1.29 is 21.3 Å². The first kappa shape index (κ1) is 12.2. The molecule has 2 rings (SSSR count). The Morgan fingerprint density at radius 1 is 0.938 bits per heavy atom. The summed E-state index contributed by atoms with van der Waals surface area (Å²) >= 11 is -1.59. The molecule has 0 heterocycles. The van der Waals surface area contributed by atoms with Gasteiger partial charge in [-0.2, -0.15) is 0 Å². The van der Waals surface area contributed by atoms with Gasteiger partial charge in [0.05, 0.1) is 0 Å². The van der Waals surface area contributed by atoms with Gasteiger partial charge in [-0.05, 0) is 0 Å². The molecule has 0 aromatic rings. The van der Waals surface area contributed by atoms with E-state index < -0.39 is 21.3 Å². The van der Waals surface area contributed by atoms with E-state index in [-0.39, 0.29) is 0 Å².